The van der Waals surface area contributed by atoms with E-state index in [1.54, 1.807) is 0 Å². The lowest BCUT2D eigenvalue weighted by molar-refractivity contribution is 0.0767. The summed E-state index contributed by atoms with van der Waals surface area (Å²) in [5.41, 5.74) is 2.98. The van der Waals surface area contributed by atoms with Crippen molar-refractivity contribution in [2.24, 2.45) is 0 Å². The molecule has 2 aliphatic rings. The van der Waals surface area contributed by atoms with E-state index in [0.29, 0.717) is 6.54 Å². The topological polar surface area (TPSA) is 26.8 Å². The van der Waals surface area contributed by atoms with Crippen LogP contribution in [0.4, 0.5) is 15.8 Å². The third-order valence-corrected chi connectivity index (χ3v) is 5.56. The van der Waals surface area contributed by atoms with Crippen molar-refractivity contribution in [3.05, 3.63) is 59.9 Å². The smallest absolute Gasteiger partial charge is 0.253 e. The maximum absolute atomic E-state index is 13.1. The van der Waals surface area contributed by atoms with Gasteiger partial charge in [-0.25, -0.2) is 4.39 Å². The maximum atomic E-state index is 13.1. The Kier molecular flexibility index (Phi) is 5.28. The molecule has 0 aromatic heterocycles. The van der Waals surface area contributed by atoms with E-state index in [4.69, 9.17) is 0 Å². The van der Waals surface area contributed by atoms with Gasteiger partial charge in [-0.05, 0) is 67.8 Å². The van der Waals surface area contributed by atoms with Crippen molar-refractivity contribution < 1.29 is 9.18 Å². The van der Waals surface area contributed by atoms with Crippen LogP contribution in [0.3, 0.4) is 0 Å². The SMILES string of the molecule is O=C(c1ccc(N2CCCC2)cc1)N1CCCN(c2ccc(F)cc2)CC1. The number of carbonyl (C=O) groups is 1. The molecule has 0 radical (unpaired) electrons. The van der Waals surface area contributed by atoms with E-state index in [0.717, 1.165) is 50.4 Å². The van der Waals surface area contributed by atoms with E-state index >= 15 is 0 Å². The van der Waals surface area contributed by atoms with Crippen LogP contribution in [0.15, 0.2) is 48.5 Å². The summed E-state index contributed by atoms with van der Waals surface area (Å²) in [6.45, 7) is 5.30. The van der Waals surface area contributed by atoms with Crippen molar-refractivity contribution in [2.45, 2.75) is 19.3 Å². The van der Waals surface area contributed by atoms with Gasteiger partial charge in [-0.15, -0.1) is 0 Å². The number of anilines is 2. The van der Waals surface area contributed by atoms with Crippen molar-refractivity contribution >= 4 is 17.3 Å². The summed E-state index contributed by atoms with van der Waals surface area (Å²) in [4.78, 5) is 19.5. The van der Waals surface area contributed by atoms with Crippen molar-refractivity contribution in [2.75, 3.05) is 49.1 Å². The summed E-state index contributed by atoms with van der Waals surface area (Å²) in [7, 11) is 0. The molecule has 0 unspecified atom stereocenters. The first kappa shape index (κ1) is 17.8. The average molecular weight is 367 g/mol. The monoisotopic (exact) mass is 367 g/mol. The van der Waals surface area contributed by atoms with Gasteiger partial charge in [0.05, 0.1) is 0 Å². The van der Waals surface area contributed by atoms with Crippen molar-refractivity contribution in [3.63, 3.8) is 0 Å². The molecule has 4 rings (SSSR count). The molecule has 27 heavy (non-hydrogen) atoms. The first-order valence-corrected chi connectivity index (χ1v) is 9.85. The van der Waals surface area contributed by atoms with Crippen LogP contribution < -0.4 is 9.80 Å². The van der Waals surface area contributed by atoms with Crippen LogP contribution in [0, 0.1) is 5.82 Å². The lowest BCUT2D eigenvalue weighted by atomic mass is 10.1. The Balaban J connectivity index is 1.39. The normalized spacial score (nSPS) is 17.9. The van der Waals surface area contributed by atoms with E-state index < -0.39 is 0 Å². The fourth-order valence-corrected chi connectivity index (χ4v) is 4.00. The molecule has 2 aliphatic heterocycles. The van der Waals surface area contributed by atoms with Gasteiger partial charge in [0.15, 0.2) is 0 Å². The predicted molar refractivity (Wildman–Crippen MR) is 107 cm³/mol. The minimum absolute atomic E-state index is 0.101. The van der Waals surface area contributed by atoms with Crippen LogP contribution in [0.25, 0.3) is 0 Å². The van der Waals surface area contributed by atoms with E-state index in [9.17, 15) is 9.18 Å². The Hall–Kier alpha value is -2.56. The van der Waals surface area contributed by atoms with Crippen LogP contribution >= 0.6 is 0 Å². The number of amides is 1. The number of carbonyl (C=O) groups excluding carboxylic acids is 1. The van der Waals surface area contributed by atoms with Gasteiger partial charge in [0.25, 0.3) is 5.91 Å². The molecule has 0 atom stereocenters. The largest absolute Gasteiger partial charge is 0.372 e. The zero-order valence-electron chi connectivity index (χ0n) is 15.6. The molecule has 142 valence electrons. The van der Waals surface area contributed by atoms with E-state index in [1.807, 2.05) is 29.2 Å². The molecule has 2 aromatic carbocycles. The Bertz CT molecular complexity index is 769. The summed E-state index contributed by atoms with van der Waals surface area (Å²) < 4.78 is 13.1. The molecule has 4 nitrogen and oxygen atoms in total. The first-order valence-electron chi connectivity index (χ1n) is 9.85. The standard InChI is InChI=1S/C22H26FN3O/c23-19-6-10-21(11-7-19)25-14-3-15-26(17-16-25)22(27)18-4-8-20(9-5-18)24-12-1-2-13-24/h4-11H,1-3,12-17H2. The molecular formula is C22H26FN3O. The molecule has 2 fully saturated rings. The highest BCUT2D eigenvalue weighted by atomic mass is 19.1. The molecule has 5 heteroatoms. The van der Waals surface area contributed by atoms with Crippen LogP contribution in [0.2, 0.25) is 0 Å². The fourth-order valence-electron chi connectivity index (χ4n) is 4.00. The highest BCUT2D eigenvalue weighted by molar-refractivity contribution is 5.94. The van der Waals surface area contributed by atoms with Gasteiger partial charge < -0.3 is 14.7 Å². The number of rotatable bonds is 3. The van der Waals surface area contributed by atoms with Gasteiger partial charge >= 0.3 is 0 Å². The summed E-state index contributed by atoms with van der Waals surface area (Å²) in [5, 5.41) is 0. The Labute approximate surface area is 160 Å². The average Bonchev–Trinajstić information content (AvgIpc) is 3.13. The Morgan fingerprint density at radius 2 is 1.22 bits per heavy atom. The molecule has 2 aromatic rings. The highest BCUT2D eigenvalue weighted by Gasteiger charge is 2.21. The van der Waals surface area contributed by atoms with Crippen molar-refractivity contribution in [1.29, 1.82) is 0 Å². The summed E-state index contributed by atoms with van der Waals surface area (Å²) in [5.74, 6) is -0.119. The lowest BCUT2D eigenvalue weighted by Gasteiger charge is -2.24. The molecule has 0 saturated carbocycles. The molecule has 2 heterocycles. The van der Waals surface area contributed by atoms with Crippen molar-refractivity contribution in [3.8, 4) is 0 Å². The van der Waals surface area contributed by atoms with Crippen LogP contribution in [-0.4, -0.2) is 50.1 Å². The van der Waals surface area contributed by atoms with Gasteiger partial charge in [-0.1, -0.05) is 0 Å². The number of hydrogen-bond donors (Lipinski definition) is 0. The second-order valence-electron chi connectivity index (χ2n) is 7.35. The molecule has 0 aliphatic carbocycles. The Morgan fingerprint density at radius 1 is 0.667 bits per heavy atom. The zero-order valence-corrected chi connectivity index (χ0v) is 15.6. The van der Waals surface area contributed by atoms with E-state index in [1.165, 1.54) is 30.7 Å². The van der Waals surface area contributed by atoms with Crippen LogP contribution in [-0.2, 0) is 0 Å². The zero-order chi connectivity index (χ0) is 18.6. The second kappa shape index (κ2) is 7.99. The summed E-state index contributed by atoms with van der Waals surface area (Å²) >= 11 is 0. The van der Waals surface area contributed by atoms with E-state index in [-0.39, 0.29) is 11.7 Å². The van der Waals surface area contributed by atoms with Crippen LogP contribution in [0.1, 0.15) is 29.6 Å². The molecular weight excluding hydrogens is 341 g/mol. The molecule has 0 bridgehead atoms. The summed E-state index contributed by atoms with van der Waals surface area (Å²) in [6, 6.07) is 14.7. The van der Waals surface area contributed by atoms with Gasteiger partial charge in [0, 0.05) is 56.2 Å². The number of hydrogen-bond acceptors (Lipinski definition) is 3. The predicted octanol–water partition coefficient (Wildman–Crippen LogP) is 3.78. The lowest BCUT2D eigenvalue weighted by Crippen LogP contribution is -2.35. The van der Waals surface area contributed by atoms with Crippen molar-refractivity contribution in [1.82, 2.24) is 4.90 Å². The minimum atomic E-state index is -0.220. The third kappa shape index (κ3) is 4.07. The quantitative estimate of drug-likeness (QED) is 0.826. The van der Waals surface area contributed by atoms with Gasteiger partial charge in [-0.2, -0.15) is 0 Å². The van der Waals surface area contributed by atoms with E-state index in [2.05, 4.69) is 21.9 Å². The molecule has 0 N–H and O–H groups in total. The maximum Gasteiger partial charge on any atom is 0.253 e. The molecule has 1 amide bonds. The second-order valence-corrected chi connectivity index (χ2v) is 7.35. The minimum Gasteiger partial charge on any atom is -0.372 e. The Morgan fingerprint density at radius 3 is 1.89 bits per heavy atom. The number of nitrogens with zero attached hydrogens (tertiary/aromatic N) is 3. The first-order chi connectivity index (χ1) is 13.2. The van der Waals surface area contributed by atoms with Crippen LogP contribution in [0.5, 0.6) is 0 Å². The highest BCUT2D eigenvalue weighted by Crippen LogP contribution is 2.22. The summed E-state index contributed by atoms with van der Waals surface area (Å²) in [6.07, 6.45) is 3.41. The third-order valence-electron chi connectivity index (χ3n) is 5.56. The molecule has 2 saturated heterocycles. The van der Waals surface area contributed by atoms with Gasteiger partial charge in [0.1, 0.15) is 5.82 Å². The number of benzene rings is 2. The number of halogens is 1. The fraction of sp³-hybridized carbons (Fsp3) is 0.409. The van der Waals surface area contributed by atoms with Gasteiger partial charge in [0.2, 0.25) is 0 Å². The van der Waals surface area contributed by atoms with Gasteiger partial charge in [-0.3, -0.25) is 4.79 Å². The molecule has 0 spiro atoms.